The van der Waals surface area contributed by atoms with E-state index in [0.29, 0.717) is 6.54 Å². The van der Waals surface area contributed by atoms with Crippen molar-refractivity contribution in [2.24, 2.45) is 5.73 Å². The van der Waals surface area contributed by atoms with Gasteiger partial charge in [0.15, 0.2) is 0 Å². The van der Waals surface area contributed by atoms with Crippen molar-refractivity contribution in [3.05, 3.63) is 21.4 Å². The summed E-state index contributed by atoms with van der Waals surface area (Å²) in [5.74, 6) is 5.89. The van der Waals surface area contributed by atoms with Crippen LogP contribution in [0.25, 0.3) is 0 Å². The zero-order valence-electron chi connectivity index (χ0n) is 11.4. The summed E-state index contributed by atoms with van der Waals surface area (Å²) in [5.41, 5.74) is 6.40. The van der Waals surface area contributed by atoms with Gasteiger partial charge in [0.05, 0.1) is 16.3 Å². The molecule has 1 atom stereocenters. The van der Waals surface area contributed by atoms with Crippen molar-refractivity contribution < 1.29 is 4.79 Å². The molecule has 0 saturated heterocycles. The van der Waals surface area contributed by atoms with Crippen LogP contribution in [0.1, 0.15) is 40.4 Å². The Hall–Kier alpha value is -1.31. The van der Waals surface area contributed by atoms with E-state index in [-0.39, 0.29) is 11.9 Å². The summed E-state index contributed by atoms with van der Waals surface area (Å²) in [6.07, 6.45) is 0.951. The fourth-order valence-electron chi connectivity index (χ4n) is 1.49. The van der Waals surface area contributed by atoms with Gasteiger partial charge in [0.1, 0.15) is 0 Å². The van der Waals surface area contributed by atoms with Gasteiger partial charge in [-0.1, -0.05) is 18.8 Å². The molecule has 18 heavy (non-hydrogen) atoms. The molecule has 1 heterocycles. The van der Waals surface area contributed by atoms with Crippen LogP contribution in [0.4, 0.5) is 0 Å². The molecule has 0 radical (unpaired) electrons. The second kappa shape index (κ2) is 6.58. The van der Waals surface area contributed by atoms with Crippen LogP contribution in [0, 0.1) is 18.8 Å². The Morgan fingerprint density at radius 3 is 2.83 bits per heavy atom. The first kappa shape index (κ1) is 14.7. The molecule has 2 N–H and O–H groups in total. The first-order valence-corrected chi connectivity index (χ1v) is 6.89. The predicted molar refractivity (Wildman–Crippen MR) is 76.8 cm³/mol. The molecule has 0 bridgehead atoms. The average Bonchev–Trinajstić information content (AvgIpc) is 2.74. The van der Waals surface area contributed by atoms with Crippen molar-refractivity contribution in [1.29, 1.82) is 0 Å². The van der Waals surface area contributed by atoms with Crippen molar-refractivity contribution in [1.82, 2.24) is 4.90 Å². The Bertz CT molecular complexity index is 482. The zero-order valence-corrected chi connectivity index (χ0v) is 12.2. The quantitative estimate of drug-likeness (QED) is 0.851. The summed E-state index contributed by atoms with van der Waals surface area (Å²) in [5, 5.41) is 0. The van der Waals surface area contributed by atoms with E-state index in [0.717, 1.165) is 21.7 Å². The van der Waals surface area contributed by atoms with Gasteiger partial charge in [0.25, 0.3) is 5.91 Å². The van der Waals surface area contributed by atoms with Gasteiger partial charge in [-0.05, 0) is 31.9 Å². The highest BCUT2D eigenvalue weighted by atomic mass is 32.1. The Labute approximate surface area is 113 Å². The zero-order chi connectivity index (χ0) is 13.7. The Morgan fingerprint density at radius 2 is 2.28 bits per heavy atom. The molecule has 0 aliphatic heterocycles. The number of carbonyl (C=O) groups excluding carboxylic acids is 1. The molecule has 0 saturated carbocycles. The smallest absolute Gasteiger partial charge is 0.263 e. The van der Waals surface area contributed by atoms with Crippen molar-refractivity contribution >= 4 is 17.2 Å². The maximum absolute atomic E-state index is 12.2. The standard InChI is InChI=1S/C14H20N2OS/c1-5-11(3)16(4)14(17)13-9-10(2)12(18-13)7-6-8-15/h9,11H,5,8,15H2,1-4H3. The molecular formula is C14H20N2OS. The largest absolute Gasteiger partial charge is 0.338 e. The van der Waals surface area contributed by atoms with Gasteiger partial charge in [-0.3, -0.25) is 4.79 Å². The molecule has 1 aromatic heterocycles. The minimum atomic E-state index is 0.0678. The number of hydrogen-bond acceptors (Lipinski definition) is 3. The minimum Gasteiger partial charge on any atom is -0.338 e. The summed E-state index contributed by atoms with van der Waals surface area (Å²) >= 11 is 1.44. The molecule has 4 heteroatoms. The number of carbonyl (C=O) groups is 1. The summed E-state index contributed by atoms with van der Waals surface area (Å²) in [4.78, 5) is 15.7. The van der Waals surface area contributed by atoms with Crippen molar-refractivity contribution in [2.75, 3.05) is 13.6 Å². The molecule has 0 aliphatic carbocycles. The third-order valence-corrected chi connectivity index (χ3v) is 4.15. The van der Waals surface area contributed by atoms with Gasteiger partial charge in [-0.2, -0.15) is 0 Å². The summed E-state index contributed by atoms with van der Waals surface area (Å²) in [7, 11) is 1.84. The maximum atomic E-state index is 12.2. The third kappa shape index (κ3) is 3.34. The summed E-state index contributed by atoms with van der Waals surface area (Å²) in [6, 6.07) is 2.16. The molecule has 0 aliphatic rings. The number of amides is 1. The van der Waals surface area contributed by atoms with Crippen molar-refractivity contribution in [2.45, 2.75) is 33.2 Å². The van der Waals surface area contributed by atoms with E-state index in [9.17, 15) is 4.79 Å². The van der Waals surface area contributed by atoms with Crippen LogP contribution < -0.4 is 5.73 Å². The molecule has 1 amide bonds. The lowest BCUT2D eigenvalue weighted by Crippen LogP contribution is -2.34. The molecule has 98 valence electrons. The van der Waals surface area contributed by atoms with Crippen LogP contribution in [0.15, 0.2) is 6.07 Å². The van der Waals surface area contributed by atoms with Crippen molar-refractivity contribution in [3.63, 3.8) is 0 Å². The van der Waals surface area contributed by atoms with Gasteiger partial charge < -0.3 is 10.6 Å². The van der Waals surface area contributed by atoms with E-state index in [4.69, 9.17) is 5.73 Å². The fourth-order valence-corrected chi connectivity index (χ4v) is 2.52. The lowest BCUT2D eigenvalue weighted by atomic mass is 10.2. The Morgan fingerprint density at radius 1 is 1.61 bits per heavy atom. The highest BCUT2D eigenvalue weighted by Gasteiger charge is 2.18. The van der Waals surface area contributed by atoms with Crippen LogP contribution in [-0.4, -0.2) is 30.4 Å². The molecule has 3 nitrogen and oxygen atoms in total. The molecule has 0 fully saturated rings. The van der Waals surface area contributed by atoms with E-state index < -0.39 is 0 Å². The van der Waals surface area contributed by atoms with E-state index in [1.54, 1.807) is 4.90 Å². The van der Waals surface area contributed by atoms with Crippen molar-refractivity contribution in [3.8, 4) is 11.8 Å². The SMILES string of the molecule is CCC(C)N(C)C(=O)c1cc(C)c(C#CCN)s1. The minimum absolute atomic E-state index is 0.0678. The van der Waals surface area contributed by atoms with Gasteiger partial charge in [0, 0.05) is 13.1 Å². The maximum Gasteiger partial charge on any atom is 0.263 e. The lowest BCUT2D eigenvalue weighted by molar-refractivity contribution is 0.0745. The van der Waals surface area contributed by atoms with E-state index >= 15 is 0 Å². The van der Waals surface area contributed by atoms with E-state index in [2.05, 4.69) is 18.8 Å². The number of nitrogens with two attached hydrogens (primary N) is 1. The second-order valence-electron chi connectivity index (χ2n) is 4.30. The predicted octanol–water partition coefficient (Wildman–Crippen LogP) is 2.24. The van der Waals surface area contributed by atoms with Crippen LogP contribution in [0.2, 0.25) is 0 Å². The fraction of sp³-hybridized carbons (Fsp3) is 0.500. The lowest BCUT2D eigenvalue weighted by Gasteiger charge is -2.22. The van der Waals surface area contributed by atoms with E-state index in [1.807, 2.05) is 27.0 Å². The van der Waals surface area contributed by atoms with Gasteiger partial charge in [-0.25, -0.2) is 0 Å². The monoisotopic (exact) mass is 264 g/mol. The molecule has 1 aromatic rings. The summed E-state index contributed by atoms with van der Waals surface area (Å²) in [6.45, 7) is 6.43. The van der Waals surface area contributed by atoms with Gasteiger partial charge >= 0.3 is 0 Å². The van der Waals surface area contributed by atoms with Gasteiger partial charge in [0.2, 0.25) is 0 Å². The summed E-state index contributed by atoms with van der Waals surface area (Å²) < 4.78 is 0. The molecule has 0 aromatic carbocycles. The number of hydrogen-bond donors (Lipinski definition) is 1. The second-order valence-corrected chi connectivity index (χ2v) is 5.35. The number of rotatable bonds is 3. The van der Waals surface area contributed by atoms with Crippen LogP contribution in [-0.2, 0) is 0 Å². The van der Waals surface area contributed by atoms with Crippen LogP contribution >= 0.6 is 11.3 Å². The third-order valence-electron chi connectivity index (χ3n) is 3.00. The molecular weight excluding hydrogens is 244 g/mol. The van der Waals surface area contributed by atoms with Gasteiger partial charge in [-0.15, -0.1) is 11.3 Å². The number of nitrogens with zero attached hydrogens (tertiary/aromatic N) is 1. The number of thiophene rings is 1. The first-order chi connectivity index (χ1) is 8.51. The number of aryl methyl sites for hydroxylation is 1. The average molecular weight is 264 g/mol. The normalized spacial score (nSPS) is 11.6. The first-order valence-electron chi connectivity index (χ1n) is 6.07. The molecule has 1 rings (SSSR count). The Kier molecular flexibility index (Phi) is 5.39. The molecule has 1 unspecified atom stereocenters. The van der Waals surface area contributed by atoms with Crippen LogP contribution in [0.5, 0.6) is 0 Å². The van der Waals surface area contributed by atoms with E-state index in [1.165, 1.54) is 11.3 Å². The van der Waals surface area contributed by atoms with Crippen LogP contribution in [0.3, 0.4) is 0 Å². The highest BCUT2D eigenvalue weighted by molar-refractivity contribution is 7.14. The highest BCUT2D eigenvalue weighted by Crippen LogP contribution is 2.23. The Balaban J connectivity index is 2.94. The topological polar surface area (TPSA) is 46.3 Å². The molecule has 0 spiro atoms.